The molecule has 17 heavy (non-hydrogen) atoms. The summed E-state index contributed by atoms with van der Waals surface area (Å²) in [5.41, 5.74) is 0.786. The predicted molar refractivity (Wildman–Crippen MR) is 54.5 cm³/mol. The minimum absolute atomic E-state index is 0.145. The molecule has 0 aliphatic carbocycles. The number of carbonyl (C=O) groups excluding carboxylic acids is 1. The fourth-order valence-electron chi connectivity index (χ4n) is 1.02. The third-order valence-corrected chi connectivity index (χ3v) is 2.89. The molecule has 0 fully saturated rings. The van der Waals surface area contributed by atoms with Crippen LogP contribution in [0.4, 0.5) is 17.6 Å². The average Bonchev–Trinajstić information content (AvgIpc) is 2.63. The summed E-state index contributed by atoms with van der Waals surface area (Å²) in [5, 5.41) is 4.18. The van der Waals surface area contributed by atoms with Crippen LogP contribution < -0.4 is 5.32 Å². The predicted octanol–water partition coefficient (Wildman–Crippen LogP) is 2.01. The van der Waals surface area contributed by atoms with Gasteiger partial charge in [0.15, 0.2) is 0 Å². The van der Waals surface area contributed by atoms with Crippen LogP contribution >= 0.6 is 11.3 Å². The molecule has 0 saturated carbocycles. The van der Waals surface area contributed by atoms with Crippen molar-refractivity contribution in [3.05, 3.63) is 16.1 Å². The normalized spacial score (nSPS) is 11.9. The molecule has 0 bridgehead atoms. The topological polar surface area (TPSA) is 42.0 Å². The van der Waals surface area contributed by atoms with Gasteiger partial charge >= 0.3 is 12.3 Å². The molecule has 96 valence electrons. The number of halogens is 4. The van der Waals surface area contributed by atoms with Crippen molar-refractivity contribution in [1.82, 2.24) is 10.3 Å². The van der Waals surface area contributed by atoms with E-state index in [1.165, 1.54) is 11.3 Å². The molecule has 1 N–H and O–H groups in total. The third kappa shape index (κ3) is 3.65. The smallest absolute Gasteiger partial charge is 0.350 e. The number of nitrogens with one attached hydrogen (secondary N) is 1. The van der Waals surface area contributed by atoms with Crippen molar-refractivity contribution in [1.29, 1.82) is 0 Å². The second-order valence-electron chi connectivity index (χ2n) is 3.31. The molecule has 1 heterocycles. The summed E-state index contributed by atoms with van der Waals surface area (Å²) in [6.45, 7) is 1.62. The zero-order chi connectivity index (χ0) is 13.1. The van der Waals surface area contributed by atoms with Crippen LogP contribution in [0.3, 0.4) is 0 Å². The molecule has 3 nitrogen and oxygen atoms in total. The highest BCUT2D eigenvalue weighted by atomic mass is 32.1. The van der Waals surface area contributed by atoms with E-state index in [1.54, 1.807) is 17.6 Å². The first kappa shape index (κ1) is 13.9. The van der Waals surface area contributed by atoms with E-state index < -0.39 is 18.3 Å². The molecule has 0 spiro atoms. The Morgan fingerprint density at radius 2 is 2.24 bits per heavy atom. The standard InChI is InChI=1S/C9H10F4N2OS/c1-5-4-17-6(15-5)2-3-14-8(16)9(12,13)7(10)11/h4,7H,2-3H2,1H3,(H,14,16). The van der Waals surface area contributed by atoms with Gasteiger partial charge in [0, 0.05) is 24.0 Å². The van der Waals surface area contributed by atoms with Crippen LogP contribution in [0.5, 0.6) is 0 Å². The van der Waals surface area contributed by atoms with Crippen molar-refractivity contribution < 1.29 is 22.4 Å². The lowest BCUT2D eigenvalue weighted by Crippen LogP contribution is -2.45. The van der Waals surface area contributed by atoms with E-state index in [-0.39, 0.29) is 13.0 Å². The van der Waals surface area contributed by atoms with Crippen LogP contribution in [0.1, 0.15) is 10.7 Å². The fraction of sp³-hybridized carbons (Fsp3) is 0.556. The van der Waals surface area contributed by atoms with Crippen molar-refractivity contribution in [2.75, 3.05) is 6.54 Å². The molecule has 0 aliphatic heterocycles. The SMILES string of the molecule is Cc1csc(CCNC(=O)C(F)(F)C(F)F)n1. The van der Waals surface area contributed by atoms with E-state index in [9.17, 15) is 22.4 Å². The molecule has 0 unspecified atom stereocenters. The first-order valence-electron chi connectivity index (χ1n) is 4.69. The van der Waals surface area contributed by atoms with E-state index in [1.807, 2.05) is 0 Å². The number of amides is 1. The van der Waals surface area contributed by atoms with Gasteiger partial charge in [0.1, 0.15) is 0 Å². The Morgan fingerprint density at radius 1 is 1.59 bits per heavy atom. The fourth-order valence-corrected chi connectivity index (χ4v) is 1.79. The van der Waals surface area contributed by atoms with Crippen molar-refractivity contribution in [2.45, 2.75) is 25.7 Å². The van der Waals surface area contributed by atoms with E-state index in [0.717, 1.165) is 5.69 Å². The molecular weight excluding hydrogens is 260 g/mol. The van der Waals surface area contributed by atoms with E-state index in [4.69, 9.17) is 0 Å². The van der Waals surface area contributed by atoms with E-state index in [0.29, 0.717) is 5.01 Å². The van der Waals surface area contributed by atoms with Crippen molar-refractivity contribution >= 4 is 17.2 Å². The number of alkyl halides is 4. The number of carbonyl (C=O) groups is 1. The first-order valence-corrected chi connectivity index (χ1v) is 5.57. The number of aromatic nitrogens is 1. The molecule has 1 rings (SSSR count). The highest BCUT2D eigenvalue weighted by Gasteiger charge is 2.48. The summed E-state index contributed by atoms with van der Waals surface area (Å²) < 4.78 is 48.6. The average molecular weight is 270 g/mol. The maximum Gasteiger partial charge on any atom is 0.383 e. The molecule has 0 aliphatic rings. The monoisotopic (exact) mass is 270 g/mol. The van der Waals surface area contributed by atoms with Gasteiger partial charge in [0.25, 0.3) is 5.91 Å². The van der Waals surface area contributed by atoms with Crippen LogP contribution in [0.15, 0.2) is 5.38 Å². The molecule has 1 amide bonds. The summed E-state index contributed by atoms with van der Waals surface area (Å²) in [7, 11) is 0. The van der Waals surface area contributed by atoms with Crippen molar-refractivity contribution in [3.8, 4) is 0 Å². The quantitative estimate of drug-likeness (QED) is 0.832. The zero-order valence-electron chi connectivity index (χ0n) is 8.84. The Hall–Kier alpha value is -1.18. The molecular formula is C9H10F4N2OS. The zero-order valence-corrected chi connectivity index (χ0v) is 9.66. The number of nitrogens with zero attached hydrogens (tertiary/aromatic N) is 1. The highest BCUT2D eigenvalue weighted by molar-refractivity contribution is 7.09. The number of thiazole rings is 1. The lowest BCUT2D eigenvalue weighted by Gasteiger charge is -2.14. The first-order chi connectivity index (χ1) is 7.84. The van der Waals surface area contributed by atoms with Gasteiger partial charge in [-0.15, -0.1) is 11.3 Å². The van der Waals surface area contributed by atoms with Gasteiger partial charge in [-0.2, -0.15) is 8.78 Å². The minimum atomic E-state index is -4.64. The van der Waals surface area contributed by atoms with Crippen LogP contribution in [0.25, 0.3) is 0 Å². The minimum Gasteiger partial charge on any atom is -0.350 e. The Morgan fingerprint density at radius 3 is 2.71 bits per heavy atom. The van der Waals surface area contributed by atoms with Crippen LogP contribution in [-0.4, -0.2) is 29.8 Å². The second kappa shape index (κ2) is 5.44. The molecule has 1 aromatic heterocycles. The summed E-state index contributed by atoms with van der Waals surface area (Å²) in [6, 6.07) is 0. The number of aryl methyl sites for hydroxylation is 1. The lowest BCUT2D eigenvalue weighted by atomic mass is 10.3. The van der Waals surface area contributed by atoms with Crippen molar-refractivity contribution in [2.24, 2.45) is 0 Å². The van der Waals surface area contributed by atoms with Crippen LogP contribution in [0.2, 0.25) is 0 Å². The van der Waals surface area contributed by atoms with Gasteiger partial charge in [0.2, 0.25) is 0 Å². The Bertz CT molecular complexity index is 394. The Kier molecular flexibility index (Phi) is 4.44. The Labute approximate surface area is 98.9 Å². The number of hydrogen-bond acceptors (Lipinski definition) is 3. The van der Waals surface area contributed by atoms with Gasteiger partial charge < -0.3 is 5.32 Å². The molecule has 1 aromatic rings. The van der Waals surface area contributed by atoms with Gasteiger partial charge in [-0.3, -0.25) is 4.79 Å². The molecule has 0 atom stereocenters. The van der Waals surface area contributed by atoms with Gasteiger partial charge in [-0.1, -0.05) is 0 Å². The highest BCUT2D eigenvalue weighted by Crippen LogP contribution is 2.22. The van der Waals surface area contributed by atoms with Gasteiger partial charge in [0.05, 0.1) is 5.01 Å². The molecule has 0 aromatic carbocycles. The van der Waals surface area contributed by atoms with Crippen LogP contribution in [0, 0.1) is 6.92 Å². The maximum absolute atomic E-state index is 12.5. The second-order valence-corrected chi connectivity index (χ2v) is 4.25. The molecule has 8 heteroatoms. The summed E-state index contributed by atoms with van der Waals surface area (Å²) in [5.74, 6) is -6.60. The molecule has 0 saturated heterocycles. The third-order valence-electron chi connectivity index (χ3n) is 1.87. The maximum atomic E-state index is 12.5. The van der Waals surface area contributed by atoms with Crippen molar-refractivity contribution in [3.63, 3.8) is 0 Å². The number of hydrogen-bond donors (Lipinski definition) is 1. The molecule has 0 radical (unpaired) electrons. The lowest BCUT2D eigenvalue weighted by molar-refractivity contribution is -0.169. The van der Waals surface area contributed by atoms with Gasteiger partial charge in [-0.25, -0.2) is 13.8 Å². The Balaban J connectivity index is 2.39. The van der Waals surface area contributed by atoms with E-state index >= 15 is 0 Å². The van der Waals surface area contributed by atoms with Crippen LogP contribution in [-0.2, 0) is 11.2 Å². The van der Waals surface area contributed by atoms with E-state index in [2.05, 4.69) is 4.98 Å². The summed E-state index contributed by atoms with van der Waals surface area (Å²) in [6.07, 6.45) is -3.76. The largest absolute Gasteiger partial charge is 0.383 e. The van der Waals surface area contributed by atoms with Gasteiger partial charge in [-0.05, 0) is 6.92 Å². The summed E-state index contributed by atoms with van der Waals surface area (Å²) in [4.78, 5) is 14.8. The number of rotatable bonds is 5. The summed E-state index contributed by atoms with van der Waals surface area (Å²) >= 11 is 1.32.